The third-order valence-electron chi connectivity index (χ3n) is 2.69. The molecule has 0 radical (unpaired) electrons. The summed E-state index contributed by atoms with van der Waals surface area (Å²) in [6, 6.07) is 7.57. The summed E-state index contributed by atoms with van der Waals surface area (Å²) in [5.41, 5.74) is 0.996. The molecule has 0 unspecified atom stereocenters. The third kappa shape index (κ3) is 6.85. The Bertz CT molecular complexity index is 399. The fraction of sp³-hybridized carbons (Fsp3) is 0.562. The number of nitrogens with one attached hydrogen (secondary N) is 1. The molecule has 19 heavy (non-hydrogen) atoms. The van der Waals surface area contributed by atoms with Crippen molar-refractivity contribution >= 4 is 11.7 Å². The van der Waals surface area contributed by atoms with Gasteiger partial charge in [-0.3, -0.25) is 4.79 Å². The van der Waals surface area contributed by atoms with Gasteiger partial charge < -0.3 is 10.1 Å². The lowest BCUT2D eigenvalue weighted by atomic mass is 10.1. The van der Waals surface area contributed by atoms with Crippen LogP contribution in [0.5, 0.6) is 5.75 Å². The predicted molar refractivity (Wildman–Crippen MR) is 79.5 cm³/mol. The minimum absolute atomic E-state index is 0.172. The van der Waals surface area contributed by atoms with E-state index in [4.69, 9.17) is 4.74 Å². The molecule has 0 spiro atoms. The van der Waals surface area contributed by atoms with Crippen molar-refractivity contribution in [3.63, 3.8) is 0 Å². The molecular formula is C16H25NO2. The molecular weight excluding hydrogens is 238 g/mol. The van der Waals surface area contributed by atoms with Gasteiger partial charge in [0.25, 0.3) is 0 Å². The summed E-state index contributed by atoms with van der Waals surface area (Å²) in [6.45, 7) is 9.34. The lowest BCUT2D eigenvalue weighted by molar-refractivity contribution is -0.135. The number of ether oxygens (including phenoxy) is 1. The molecule has 0 amide bonds. The molecule has 0 saturated carbocycles. The number of esters is 1. The first-order chi connectivity index (χ1) is 8.97. The van der Waals surface area contributed by atoms with Crippen molar-refractivity contribution in [3.8, 4) is 5.75 Å². The minimum Gasteiger partial charge on any atom is -0.426 e. The number of hydrogen-bond donors (Lipinski definition) is 1. The van der Waals surface area contributed by atoms with Gasteiger partial charge in [-0.1, -0.05) is 33.8 Å². The van der Waals surface area contributed by atoms with Crippen LogP contribution in [0.4, 0.5) is 5.69 Å². The van der Waals surface area contributed by atoms with Crippen molar-refractivity contribution in [1.29, 1.82) is 0 Å². The van der Waals surface area contributed by atoms with Gasteiger partial charge in [0.15, 0.2) is 0 Å². The maximum atomic E-state index is 11.6. The van der Waals surface area contributed by atoms with Crippen LogP contribution in [0.15, 0.2) is 24.3 Å². The van der Waals surface area contributed by atoms with Gasteiger partial charge in [-0.2, -0.15) is 0 Å². The SMILES string of the molecule is CC(C)CCNc1cccc(OC(=O)CC(C)C)c1. The molecule has 3 heteroatoms. The van der Waals surface area contributed by atoms with Crippen LogP contribution in [0, 0.1) is 11.8 Å². The van der Waals surface area contributed by atoms with Crippen molar-refractivity contribution in [1.82, 2.24) is 0 Å². The van der Waals surface area contributed by atoms with Gasteiger partial charge in [0.05, 0.1) is 0 Å². The number of carbonyl (C=O) groups excluding carboxylic acids is 1. The van der Waals surface area contributed by atoms with E-state index < -0.39 is 0 Å². The summed E-state index contributed by atoms with van der Waals surface area (Å²) in [7, 11) is 0. The maximum Gasteiger partial charge on any atom is 0.311 e. The summed E-state index contributed by atoms with van der Waals surface area (Å²) < 4.78 is 5.31. The Morgan fingerprint density at radius 1 is 1.21 bits per heavy atom. The van der Waals surface area contributed by atoms with E-state index in [9.17, 15) is 4.79 Å². The van der Waals surface area contributed by atoms with Crippen molar-refractivity contribution in [3.05, 3.63) is 24.3 Å². The van der Waals surface area contributed by atoms with E-state index in [0.29, 0.717) is 24.0 Å². The molecule has 1 aromatic rings. The van der Waals surface area contributed by atoms with Gasteiger partial charge >= 0.3 is 5.97 Å². The molecule has 1 aromatic carbocycles. The summed E-state index contributed by atoms with van der Waals surface area (Å²) in [5, 5.41) is 3.34. The molecule has 0 atom stereocenters. The van der Waals surface area contributed by atoms with Crippen LogP contribution in [0.1, 0.15) is 40.5 Å². The molecule has 1 N–H and O–H groups in total. The third-order valence-corrected chi connectivity index (χ3v) is 2.69. The van der Waals surface area contributed by atoms with E-state index in [1.165, 1.54) is 0 Å². The van der Waals surface area contributed by atoms with Crippen LogP contribution in [0.3, 0.4) is 0 Å². The van der Waals surface area contributed by atoms with E-state index in [-0.39, 0.29) is 5.97 Å². The van der Waals surface area contributed by atoms with Crippen molar-refractivity contribution < 1.29 is 9.53 Å². The molecule has 0 aliphatic carbocycles. The van der Waals surface area contributed by atoms with Gasteiger partial charge in [-0.05, 0) is 30.4 Å². The van der Waals surface area contributed by atoms with Gasteiger partial charge in [-0.15, -0.1) is 0 Å². The van der Waals surface area contributed by atoms with Crippen molar-refractivity contribution in [2.45, 2.75) is 40.5 Å². The quantitative estimate of drug-likeness (QED) is 0.594. The summed E-state index contributed by atoms with van der Waals surface area (Å²) >= 11 is 0. The van der Waals surface area contributed by atoms with Crippen LogP contribution in [-0.4, -0.2) is 12.5 Å². The van der Waals surface area contributed by atoms with Crippen molar-refractivity contribution in [2.24, 2.45) is 11.8 Å². The molecule has 0 heterocycles. The highest BCUT2D eigenvalue weighted by atomic mass is 16.5. The lowest BCUT2D eigenvalue weighted by Crippen LogP contribution is -2.11. The van der Waals surface area contributed by atoms with E-state index in [1.807, 2.05) is 38.1 Å². The van der Waals surface area contributed by atoms with Crippen LogP contribution in [0.25, 0.3) is 0 Å². The minimum atomic E-state index is -0.172. The average Bonchev–Trinajstić information content (AvgIpc) is 2.27. The number of hydrogen-bond acceptors (Lipinski definition) is 3. The number of benzene rings is 1. The van der Waals surface area contributed by atoms with E-state index in [1.54, 1.807) is 0 Å². The van der Waals surface area contributed by atoms with Crippen molar-refractivity contribution in [2.75, 3.05) is 11.9 Å². The molecule has 3 nitrogen and oxygen atoms in total. The zero-order valence-electron chi connectivity index (χ0n) is 12.4. The number of carbonyl (C=O) groups is 1. The molecule has 0 aliphatic rings. The molecule has 0 aromatic heterocycles. The van der Waals surface area contributed by atoms with E-state index in [2.05, 4.69) is 19.2 Å². The summed E-state index contributed by atoms with van der Waals surface area (Å²) in [6.07, 6.45) is 1.57. The van der Waals surface area contributed by atoms with Crippen LogP contribution >= 0.6 is 0 Å². The Morgan fingerprint density at radius 2 is 1.95 bits per heavy atom. The van der Waals surface area contributed by atoms with Gasteiger partial charge in [0.1, 0.15) is 5.75 Å². The Balaban J connectivity index is 2.49. The first-order valence-corrected chi connectivity index (χ1v) is 7.02. The Hall–Kier alpha value is -1.51. The second kappa shape index (κ2) is 7.82. The van der Waals surface area contributed by atoms with Gasteiger partial charge in [0.2, 0.25) is 0 Å². The van der Waals surface area contributed by atoms with E-state index >= 15 is 0 Å². The highest BCUT2D eigenvalue weighted by Crippen LogP contribution is 2.18. The standard InChI is InChI=1S/C16H25NO2/c1-12(2)8-9-17-14-6-5-7-15(11-14)19-16(18)10-13(3)4/h5-7,11-13,17H,8-10H2,1-4H3. The second-order valence-electron chi connectivity index (χ2n) is 5.71. The Kier molecular flexibility index (Phi) is 6.40. The molecule has 1 rings (SSSR count). The van der Waals surface area contributed by atoms with E-state index in [0.717, 1.165) is 18.7 Å². The second-order valence-corrected chi connectivity index (χ2v) is 5.71. The largest absolute Gasteiger partial charge is 0.426 e. The predicted octanol–water partition coefficient (Wildman–Crippen LogP) is 4.10. The topological polar surface area (TPSA) is 38.3 Å². The fourth-order valence-electron chi connectivity index (χ4n) is 1.68. The zero-order chi connectivity index (χ0) is 14.3. The Morgan fingerprint density at radius 3 is 2.58 bits per heavy atom. The zero-order valence-corrected chi connectivity index (χ0v) is 12.4. The highest BCUT2D eigenvalue weighted by molar-refractivity contribution is 5.73. The molecule has 0 aliphatic heterocycles. The van der Waals surface area contributed by atoms with Gasteiger partial charge in [-0.25, -0.2) is 0 Å². The molecule has 0 fully saturated rings. The fourth-order valence-corrected chi connectivity index (χ4v) is 1.68. The highest BCUT2D eigenvalue weighted by Gasteiger charge is 2.07. The first-order valence-electron chi connectivity index (χ1n) is 7.02. The smallest absolute Gasteiger partial charge is 0.311 e. The molecule has 0 bridgehead atoms. The van der Waals surface area contributed by atoms with Crippen LogP contribution in [0.2, 0.25) is 0 Å². The monoisotopic (exact) mass is 263 g/mol. The number of rotatable bonds is 7. The molecule has 106 valence electrons. The molecule has 0 saturated heterocycles. The summed E-state index contributed by atoms with van der Waals surface area (Å²) in [4.78, 5) is 11.6. The Labute approximate surface area is 116 Å². The summed E-state index contributed by atoms with van der Waals surface area (Å²) in [5.74, 6) is 1.44. The number of anilines is 1. The van der Waals surface area contributed by atoms with Crippen LogP contribution in [-0.2, 0) is 4.79 Å². The first kappa shape index (κ1) is 15.5. The average molecular weight is 263 g/mol. The normalized spacial score (nSPS) is 10.8. The lowest BCUT2D eigenvalue weighted by Gasteiger charge is -2.10. The van der Waals surface area contributed by atoms with Gasteiger partial charge in [0, 0.05) is 24.7 Å². The van der Waals surface area contributed by atoms with Crippen LogP contribution < -0.4 is 10.1 Å². The maximum absolute atomic E-state index is 11.6.